The van der Waals surface area contributed by atoms with Crippen LogP contribution >= 0.6 is 44.1 Å². The zero-order valence-corrected chi connectivity index (χ0v) is 10.7. The first kappa shape index (κ1) is 29.6. The molecule has 0 atom stereocenters. The van der Waals surface area contributed by atoms with E-state index in [-0.39, 0.29) is 21.9 Å². The van der Waals surface area contributed by atoms with Gasteiger partial charge in [-0.2, -0.15) is 0 Å². The van der Waals surface area contributed by atoms with Gasteiger partial charge in [0.15, 0.2) is 0 Å². The summed E-state index contributed by atoms with van der Waals surface area (Å²) in [7, 11) is 25.2. The van der Waals surface area contributed by atoms with E-state index in [0.717, 1.165) is 0 Å². The van der Waals surface area contributed by atoms with Crippen molar-refractivity contribution in [1.82, 2.24) is 0 Å². The Morgan fingerprint density at radius 2 is 0.500 bits per heavy atom. The van der Waals surface area contributed by atoms with Crippen LogP contribution in [0.5, 0.6) is 0 Å². The quantitative estimate of drug-likeness (QED) is 0.522. The zero-order chi connectivity index (χ0) is 5.45. The van der Waals surface area contributed by atoms with E-state index >= 15 is 0 Å². The van der Waals surface area contributed by atoms with Crippen LogP contribution in [0.25, 0.3) is 0 Å². The number of rotatable bonds is 0. The Hall–Kier alpha value is 2.11. The van der Waals surface area contributed by atoms with Crippen LogP contribution in [-0.2, 0) is 0 Å². The summed E-state index contributed by atoms with van der Waals surface area (Å²) >= 11 is -4.33. The fourth-order valence-corrected chi connectivity index (χ4v) is 0. The van der Waals surface area contributed by atoms with Crippen LogP contribution in [0.15, 0.2) is 0 Å². The van der Waals surface area contributed by atoms with Crippen LogP contribution in [0.2, 0.25) is 0 Å². The van der Waals surface area contributed by atoms with E-state index in [1.807, 2.05) is 0 Å². The van der Waals surface area contributed by atoms with Gasteiger partial charge in [-0.25, -0.2) is 0 Å². The average Bonchev–Trinajstić information content (AvgIpc) is 0.650. The van der Waals surface area contributed by atoms with Gasteiger partial charge in [0.2, 0.25) is 0 Å². The first-order valence-corrected chi connectivity index (χ1v) is 17.0. The molecule has 0 aliphatic heterocycles. The van der Waals surface area contributed by atoms with Crippen molar-refractivity contribution in [2.75, 3.05) is 0 Å². The van der Waals surface area contributed by atoms with Crippen LogP contribution in [0.3, 0.4) is 0 Å². The minimum atomic E-state index is -4.33. The molecule has 0 amide bonds. The van der Waals surface area contributed by atoms with E-state index in [0.29, 0.717) is 0 Å². The molecule has 72 valence electrons. The van der Waals surface area contributed by atoms with Crippen molar-refractivity contribution < 1.29 is 21.9 Å². The molecule has 0 fully saturated rings. The third-order valence-corrected chi connectivity index (χ3v) is 0. The SMILES string of the molecule is O.O.O.O.[Cl][Sb]([Cl])([Cl])([Cl])[Cl]. The molecule has 4 nitrogen and oxygen atoms in total. The molecular weight excluding hydrogens is 363 g/mol. The monoisotopic (exact) mass is 368 g/mol. The molecule has 0 unspecified atom stereocenters. The van der Waals surface area contributed by atoms with Crippen molar-refractivity contribution in [3.63, 3.8) is 0 Å². The van der Waals surface area contributed by atoms with E-state index in [1.54, 1.807) is 0 Å². The van der Waals surface area contributed by atoms with Crippen LogP contribution in [0.1, 0.15) is 0 Å². The van der Waals surface area contributed by atoms with E-state index in [4.69, 9.17) is 44.1 Å². The predicted octanol–water partition coefficient (Wildman–Crippen LogP) is -0.232. The van der Waals surface area contributed by atoms with Gasteiger partial charge in [0.05, 0.1) is 0 Å². The second-order valence-corrected chi connectivity index (χ2v) is 38.6. The van der Waals surface area contributed by atoms with Gasteiger partial charge in [0, 0.05) is 0 Å². The summed E-state index contributed by atoms with van der Waals surface area (Å²) in [6, 6.07) is 0. The fourth-order valence-electron chi connectivity index (χ4n) is 0. The molecule has 0 aliphatic rings. The maximum atomic E-state index is 5.05. The standard InChI is InChI=1S/5ClH.4H2O.Sb/h5*1H;4*1H2;/q;;;;;;;;;+5/p-5. The van der Waals surface area contributed by atoms with Gasteiger partial charge in [-0.05, 0) is 0 Å². The van der Waals surface area contributed by atoms with Gasteiger partial charge < -0.3 is 21.9 Å². The van der Waals surface area contributed by atoms with E-state index in [1.165, 1.54) is 0 Å². The Kier molecular flexibility index (Phi) is 22.9. The molecule has 10 heteroatoms. The maximum absolute atomic E-state index is 5.05. The van der Waals surface area contributed by atoms with E-state index in [2.05, 4.69) is 0 Å². The van der Waals surface area contributed by atoms with Crippen LogP contribution in [0, 0.1) is 0 Å². The molecule has 0 radical (unpaired) electrons. The second kappa shape index (κ2) is 7.74. The second-order valence-electron chi connectivity index (χ2n) is 0.639. The molecule has 0 aromatic rings. The molecule has 10 heavy (non-hydrogen) atoms. The van der Waals surface area contributed by atoms with Crippen molar-refractivity contribution in [2.45, 2.75) is 0 Å². The number of hydrogen-bond donors (Lipinski definition) is 0. The van der Waals surface area contributed by atoms with Gasteiger partial charge >= 0.3 is 55.8 Å². The molecule has 0 aromatic heterocycles. The van der Waals surface area contributed by atoms with Gasteiger partial charge in [0.1, 0.15) is 0 Å². The Labute approximate surface area is 77.0 Å². The van der Waals surface area contributed by atoms with Crippen molar-refractivity contribution in [2.24, 2.45) is 0 Å². The minimum absolute atomic E-state index is 0. The average molecular weight is 371 g/mol. The van der Waals surface area contributed by atoms with Crippen LogP contribution in [0.4, 0.5) is 0 Å². The van der Waals surface area contributed by atoms with E-state index < -0.39 is 11.7 Å². The third-order valence-electron chi connectivity index (χ3n) is 0. The molecule has 0 saturated carbocycles. The first-order valence-electron chi connectivity index (χ1n) is 0.845. The summed E-state index contributed by atoms with van der Waals surface area (Å²) in [4.78, 5) is 0. The molecule has 0 spiro atoms. The molecule has 0 aliphatic carbocycles. The Balaban J connectivity index is -0.0000000208. The molecule has 0 bridgehead atoms. The first-order chi connectivity index (χ1) is 2.24. The summed E-state index contributed by atoms with van der Waals surface area (Å²) in [6.07, 6.45) is 0. The molecular formula is H8Cl5O4Sb. The van der Waals surface area contributed by atoms with Gasteiger partial charge in [0.25, 0.3) is 0 Å². The molecule has 0 aromatic carbocycles. The molecule has 0 rings (SSSR count). The van der Waals surface area contributed by atoms with Gasteiger partial charge in [-0.15, -0.1) is 0 Å². The van der Waals surface area contributed by atoms with Crippen molar-refractivity contribution >= 4 is 55.8 Å². The number of halogens is 5. The molecule has 0 heterocycles. The number of hydrogen-bond acceptors (Lipinski definition) is 0. The summed E-state index contributed by atoms with van der Waals surface area (Å²) in [5.41, 5.74) is 0. The Bertz CT molecular complexity index is 46.8. The topological polar surface area (TPSA) is 126 Å². The predicted molar refractivity (Wildman–Crippen MR) is 49.5 cm³/mol. The third kappa shape index (κ3) is 189. The van der Waals surface area contributed by atoms with Gasteiger partial charge in [-0.3, -0.25) is 0 Å². The molecule has 0 saturated heterocycles. The Morgan fingerprint density at radius 3 is 0.500 bits per heavy atom. The van der Waals surface area contributed by atoms with Crippen molar-refractivity contribution in [3.8, 4) is 0 Å². The summed E-state index contributed by atoms with van der Waals surface area (Å²) in [5, 5.41) is 0. The van der Waals surface area contributed by atoms with Crippen LogP contribution < -0.4 is 0 Å². The summed E-state index contributed by atoms with van der Waals surface area (Å²) < 4.78 is 0. The fraction of sp³-hybridized carbons (Fsp3) is 0. The van der Waals surface area contributed by atoms with Crippen molar-refractivity contribution in [3.05, 3.63) is 0 Å². The van der Waals surface area contributed by atoms with Gasteiger partial charge in [-0.1, -0.05) is 0 Å². The normalized spacial score (nSPS) is 11.5. The summed E-state index contributed by atoms with van der Waals surface area (Å²) in [6.45, 7) is 0. The Morgan fingerprint density at radius 1 is 0.500 bits per heavy atom. The molecule has 8 N–H and O–H groups in total. The summed E-state index contributed by atoms with van der Waals surface area (Å²) in [5.74, 6) is 0. The zero-order valence-electron chi connectivity index (χ0n) is 4.34. The van der Waals surface area contributed by atoms with Crippen LogP contribution in [-0.4, -0.2) is 33.6 Å². The van der Waals surface area contributed by atoms with E-state index in [9.17, 15) is 0 Å². The van der Waals surface area contributed by atoms with Crippen molar-refractivity contribution in [1.29, 1.82) is 0 Å².